The summed E-state index contributed by atoms with van der Waals surface area (Å²) in [6.45, 7) is 1.22. The summed E-state index contributed by atoms with van der Waals surface area (Å²) in [7, 11) is -3.18. The van der Waals surface area contributed by atoms with Crippen LogP contribution in [0.4, 0.5) is 13.2 Å². The molecule has 4 aromatic rings. The predicted octanol–water partition coefficient (Wildman–Crippen LogP) is 5.37. The molecule has 0 amide bonds. The summed E-state index contributed by atoms with van der Waals surface area (Å²) >= 11 is 0. The fraction of sp³-hybridized carbons (Fsp3) is 0.276. The normalized spacial score (nSPS) is 15.0. The number of carboxylic acid groups (broad SMARTS) is 1. The highest BCUT2D eigenvalue weighted by Gasteiger charge is 2.41. The number of rotatable bonds is 8. The Hall–Kier alpha value is -4.23. The maximum absolute atomic E-state index is 13.7. The van der Waals surface area contributed by atoms with E-state index in [2.05, 4.69) is 10.1 Å². The van der Waals surface area contributed by atoms with Crippen LogP contribution in [-0.4, -0.2) is 57.9 Å². The van der Waals surface area contributed by atoms with E-state index in [0.29, 0.717) is 41.0 Å². The van der Waals surface area contributed by atoms with Crippen LogP contribution in [-0.2, 0) is 22.8 Å². The lowest BCUT2D eigenvalue weighted by atomic mass is 9.90. The Morgan fingerprint density at radius 1 is 1.02 bits per heavy atom. The number of aromatic carboxylic acids is 1. The van der Waals surface area contributed by atoms with Crippen LogP contribution in [0.15, 0.2) is 72.9 Å². The number of nitrogens with zero attached hydrogens (tertiary/aromatic N) is 4. The van der Waals surface area contributed by atoms with Crippen molar-refractivity contribution in [1.82, 2.24) is 19.1 Å². The molecule has 0 saturated carbocycles. The van der Waals surface area contributed by atoms with Crippen LogP contribution in [0.1, 0.15) is 45.9 Å². The number of sulfonamides is 1. The summed E-state index contributed by atoms with van der Waals surface area (Å²) < 4.78 is 72.8. The highest BCUT2D eigenvalue weighted by atomic mass is 32.2. The van der Waals surface area contributed by atoms with Crippen LogP contribution < -0.4 is 4.74 Å². The maximum Gasteiger partial charge on any atom is 0.434 e. The van der Waals surface area contributed by atoms with E-state index in [1.54, 1.807) is 30.3 Å². The van der Waals surface area contributed by atoms with Gasteiger partial charge in [0.05, 0.1) is 18.1 Å². The van der Waals surface area contributed by atoms with E-state index in [-0.39, 0.29) is 18.3 Å². The van der Waals surface area contributed by atoms with E-state index in [9.17, 15) is 31.5 Å². The van der Waals surface area contributed by atoms with Gasteiger partial charge in [0, 0.05) is 18.7 Å². The number of halogens is 3. The van der Waals surface area contributed by atoms with Crippen LogP contribution in [0.3, 0.4) is 0 Å². The number of ether oxygens (including phenoxy) is 1. The largest absolute Gasteiger partial charge is 0.488 e. The molecule has 2 aromatic carbocycles. The molecule has 0 aliphatic carbocycles. The van der Waals surface area contributed by atoms with Gasteiger partial charge in [-0.2, -0.15) is 18.3 Å². The van der Waals surface area contributed by atoms with Crippen LogP contribution in [0.25, 0.3) is 17.1 Å². The number of carboxylic acids is 1. The molecule has 1 aliphatic rings. The zero-order valence-electron chi connectivity index (χ0n) is 22.5. The fourth-order valence-electron chi connectivity index (χ4n) is 5.01. The Morgan fingerprint density at radius 3 is 2.36 bits per heavy atom. The van der Waals surface area contributed by atoms with Crippen molar-refractivity contribution in [2.45, 2.75) is 31.5 Å². The summed E-state index contributed by atoms with van der Waals surface area (Å²) in [5, 5.41) is 12.9. The second-order valence-electron chi connectivity index (χ2n) is 9.97. The second kappa shape index (κ2) is 11.6. The lowest BCUT2D eigenvalue weighted by Gasteiger charge is -2.30. The Bertz CT molecular complexity index is 1700. The highest BCUT2D eigenvalue weighted by Crippen LogP contribution is 2.35. The van der Waals surface area contributed by atoms with Gasteiger partial charge in [0.1, 0.15) is 17.9 Å². The SMILES string of the molecule is CS(=O)(=O)N1CCC(c2ccc(COc3ccccc3-c3cccc(-n4ncc(C(=O)O)c4C(F)(F)F)n3)cc2)CC1. The average Bonchev–Trinajstić information content (AvgIpc) is 3.43. The molecule has 1 fully saturated rings. The molecule has 220 valence electrons. The van der Waals surface area contributed by atoms with E-state index in [4.69, 9.17) is 4.74 Å². The van der Waals surface area contributed by atoms with Crippen molar-refractivity contribution in [2.24, 2.45) is 0 Å². The molecule has 0 radical (unpaired) electrons. The van der Waals surface area contributed by atoms with Gasteiger partial charge in [-0.1, -0.05) is 42.5 Å². The minimum atomic E-state index is -4.97. The Labute approximate surface area is 240 Å². The van der Waals surface area contributed by atoms with Gasteiger partial charge in [-0.05, 0) is 54.2 Å². The van der Waals surface area contributed by atoms with Gasteiger partial charge in [0.2, 0.25) is 10.0 Å². The monoisotopic (exact) mass is 600 g/mol. The van der Waals surface area contributed by atoms with E-state index in [1.807, 2.05) is 24.3 Å². The van der Waals surface area contributed by atoms with Crippen molar-refractivity contribution < 1.29 is 36.2 Å². The molecule has 5 rings (SSSR count). The first-order chi connectivity index (χ1) is 19.9. The molecule has 1 N–H and O–H groups in total. The predicted molar refractivity (Wildman–Crippen MR) is 148 cm³/mol. The number of benzene rings is 2. The first kappa shape index (κ1) is 29.3. The van der Waals surface area contributed by atoms with Crippen LogP contribution in [0.5, 0.6) is 5.75 Å². The molecule has 3 heterocycles. The molecule has 1 saturated heterocycles. The zero-order valence-corrected chi connectivity index (χ0v) is 23.3. The molecular formula is C29H27F3N4O5S. The lowest BCUT2D eigenvalue weighted by Crippen LogP contribution is -2.37. The average molecular weight is 601 g/mol. The smallest absolute Gasteiger partial charge is 0.434 e. The van der Waals surface area contributed by atoms with Crippen molar-refractivity contribution >= 4 is 16.0 Å². The summed E-state index contributed by atoms with van der Waals surface area (Å²) in [6, 6.07) is 19.4. The van der Waals surface area contributed by atoms with Gasteiger partial charge >= 0.3 is 12.1 Å². The first-order valence-electron chi connectivity index (χ1n) is 13.0. The Balaban J connectivity index is 1.32. The van der Waals surface area contributed by atoms with Crippen LogP contribution >= 0.6 is 0 Å². The number of para-hydroxylation sites is 1. The molecule has 0 atom stereocenters. The second-order valence-corrected chi connectivity index (χ2v) is 11.9. The summed E-state index contributed by atoms with van der Waals surface area (Å²) in [4.78, 5) is 15.7. The molecule has 13 heteroatoms. The first-order valence-corrected chi connectivity index (χ1v) is 14.9. The number of carbonyl (C=O) groups is 1. The third-order valence-corrected chi connectivity index (χ3v) is 8.45. The Morgan fingerprint density at radius 2 is 1.71 bits per heavy atom. The number of hydrogen-bond acceptors (Lipinski definition) is 6. The van der Waals surface area contributed by atoms with Crippen molar-refractivity contribution in [3.8, 4) is 22.8 Å². The summed E-state index contributed by atoms with van der Waals surface area (Å²) in [5.74, 6) is -1.20. The van der Waals surface area contributed by atoms with Crippen LogP contribution in [0.2, 0.25) is 0 Å². The minimum Gasteiger partial charge on any atom is -0.488 e. The molecule has 42 heavy (non-hydrogen) atoms. The quantitative estimate of drug-likeness (QED) is 0.289. The molecule has 0 bridgehead atoms. The van der Waals surface area contributed by atoms with Crippen molar-refractivity contribution in [2.75, 3.05) is 19.3 Å². The van der Waals surface area contributed by atoms with E-state index >= 15 is 0 Å². The Kier molecular flexibility index (Phi) is 8.06. The number of alkyl halides is 3. The maximum atomic E-state index is 13.7. The number of piperidine rings is 1. The molecule has 0 unspecified atom stereocenters. The van der Waals surface area contributed by atoms with Gasteiger partial charge < -0.3 is 9.84 Å². The van der Waals surface area contributed by atoms with Gasteiger partial charge in [0.15, 0.2) is 11.5 Å². The number of hydrogen-bond donors (Lipinski definition) is 1. The zero-order chi connectivity index (χ0) is 30.1. The molecule has 0 spiro atoms. The van der Waals surface area contributed by atoms with Crippen molar-refractivity contribution in [1.29, 1.82) is 0 Å². The van der Waals surface area contributed by atoms with E-state index in [1.165, 1.54) is 22.7 Å². The van der Waals surface area contributed by atoms with Gasteiger partial charge in [-0.25, -0.2) is 27.2 Å². The summed E-state index contributed by atoms with van der Waals surface area (Å²) in [5.41, 5.74) is 0.497. The molecule has 9 nitrogen and oxygen atoms in total. The molecular weight excluding hydrogens is 573 g/mol. The number of aromatic nitrogens is 3. The van der Waals surface area contributed by atoms with Crippen molar-refractivity contribution in [3.63, 3.8) is 0 Å². The van der Waals surface area contributed by atoms with Crippen molar-refractivity contribution in [3.05, 3.63) is 95.3 Å². The van der Waals surface area contributed by atoms with Crippen LogP contribution in [0, 0.1) is 0 Å². The minimum absolute atomic E-state index is 0.194. The van der Waals surface area contributed by atoms with E-state index < -0.39 is 33.4 Å². The van der Waals surface area contributed by atoms with Gasteiger partial charge in [-0.15, -0.1) is 0 Å². The van der Waals surface area contributed by atoms with E-state index in [0.717, 1.165) is 24.0 Å². The third kappa shape index (κ3) is 6.31. The van der Waals surface area contributed by atoms with Gasteiger partial charge in [0.25, 0.3) is 0 Å². The molecule has 1 aliphatic heterocycles. The molecule has 2 aromatic heterocycles. The standard InChI is InChI=1S/C29H27F3N4O5S/c1-42(39,40)35-15-13-21(14-16-35)20-11-9-19(10-12-20)18-41-25-7-3-2-5-22(25)24-6-4-8-26(34-24)36-27(29(30,31)32)23(17-33-36)28(37)38/h2-12,17,21H,13-16,18H2,1H3,(H,37,38). The fourth-order valence-corrected chi connectivity index (χ4v) is 5.89. The van der Waals surface area contributed by atoms with Gasteiger partial charge in [-0.3, -0.25) is 0 Å². The third-order valence-electron chi connectivity index (χ3n) is 7.15. The lowest BCUT2D eigenvalue weighted by molar-refractivity contribution is -0.143. The number of pyridine rings is 1. The highest BCUT2D eigenvalue weighted by molar-refractivity contribution is 7.88. The topological polar surface area (TPSA) is 115 Å². The summed E-state index contributed by atoms with van der Waals surface area (Å²) in [6.07, 6.45) is -1.58.